The van der Waals surface area contributed by atoms with Gasteiger partial charge < -0.3 is 10.2 Å². The lowest BCUT2D eigenvalue weighted by Gasteiger charge is -2.17. The van der Waals surface area contributed by atoms with E-state index in [4.69, 9.17) is 0 Å². The molecule has 7 heteroatoms. The summed E-state index contributed by atoms with van der Waals surface area (Å²) < 4.78 is 1.80. The predicted octanol–water partition coefficient (Wildman–Crippen LogP) is 1.84. The van der Waals surface area contributed by atoms with Crippen molar-refractivity contribution < 1.29 is 4.79 Å². The van der Waals surface area contributed by atoms with Crippen LogP contribution in [0.3, 0.4) is 0 Å². The van der Waals surface area contributed by atoms with Crippen LogP contribution in [-0.2, 0) is 20.1 Å². The molecule has 108 valence electrons. The number of thiazole rings is 1. The second-order valence-electron chi connectivity index (χ2n) is 4.75. The normalized spacial score (nSPS) is 10.6. The Hall–Kier alpha value is -1.89. The molecule has 2 rings (SSSR count). The lowest BCUT2D eigenvalue weighted by atomic mass is 10.2. The van der Waals surface area contributed by atoms with Crippen LogP contribution in [0.25, 0.3) is 0 Å². The van der Waals surface area contributed by atoms with Gasteiger partial charge in [0.2, 0.25) is 0 Å². The molecule has 0 aliphatic rings. The number of urea groups is 1. The molecule has 0 unspecified atom stereocenters. The lowest BCUT2D eigenvalue weighted by Crippen LogP contribution is -2.36. The first-order valence-corrected chi connectivity index (χ1v) is 7.22. The maximum atomic E-state index is 12.0. The van der Waals surface area contributed by atoms with Gasteiger partial charge in [0.05, 0.1) is 23.9 Å². The Balaban J connectivity index is 1.88. The number of nitrogens with zero attached hydrogens (tertiary/aromatic N) is 4. The Morgan fingerprint density at radius 1 is 1.50 bits per heavy atom. The zero-order chi connectivity index (χ0) is 14.7. The number of aromatic nitrogens is 3. The molecule has 2 heterocycles. The summed E-state index contributed by atoms with van der Waals surface area (Å²) in [5.74, 6) is 0. The van der Waals surface area contributed by atoms with E-state index in [1.165, 1.54) is 0 Å². The lowest BCUT2D eigenvalue weighted by molar-refractivity contribution is 0.206. The molecule has 0 saturated carbocycles. The van der Waals surface area contributed by atoms with Gasteiger partial charge in [-0.1, -0.05) is 0 Å². The summed E-state index contributed by atoms with van der Waals surface area (Å²) in [7, 11) is 3.67. The highest BCUT2D eigenvalue weighted by Crippen LogP contribution is 2.14. The Morgan fingerprint density at radius 3 is 2.80 bits per heavy atom. The van der Waals surface area contributed by atoms with Crippen molar-refractivity contribution in [1.82, 2.24) is 25.0 Å². The van der Waals surface area contributed by atoms with E-state index in [0.717, 1.165) is 21.8 Å². The molecular formula is C13H19N5OS. The first-order valence-electron chi connectivity index (χ1n) is 6.34. The van der Waals surface area contributed by atoms with Crippen LogP contribution in [0.4, 0.5) is 4.79 Å². The van der Waals surface area contributed by atoms with Crippen molar-refractivity contribution in [2.45, 2.75) is 26.9 Å². The van der Waals surface area contributed by atoms with Gasteiger partial charge in [0.1, 0.15) is 0 Å². The van der Waals surface area contributed by atoms with Crippen LogP contribution in [0, 0.1) is 13.8 Å². The highest BCUT2D eigenvalue weighted by atomic mass is 32.1. The Bertz CT molecular complexity index is 604. The molecule has 0 bridgehead atoms. The minimum atomic E-state index is -0.0962. The van der Waals surface area contributed by atoms with Gasteiger partial charge in [0.15, 0.2) is 0 Å². The average molecular weight is 293 g/mol. The fraction of sp³-hybridized carbons (Fsp3) is 0.462. The predicted molar refractivity (Wildman–Crippen MR) is 78.5 cm³/mol. The van der Waals surface area contributed by atoms with E-state index in [-0.39, 0.29) is 6.03 Å². The highest BCUT2D eigenvalue weighted by Gasteiger charge is 2.12. The average Bonchev–Trinajstić information content (AvgIpc) is 2.96. The molecule has 6 nitrogen and oxygen atoms in total. The minimum Gasteiger partial charge on any atom is -0.334 e. The van der Waals surface area contributed by atoms with Gasteiger partial charge in [0.25, 0.3) is 0 Å². The number of hydrogen-bond acceptors (Lipinski definition) is 4. The molecule has 0 saturated heterocycles. The van der Waals surface area contributed by atoms with Gasteiger partial charge in [0, 0.05) is 36.8 Å². The third-order valence-electron chi connectivity index (χ3n) is 3.34. The molecule has 1 N–H and O–H groups in total. The van der Waals surface area contributed by atoms with Gasteiger partial charge >= 0.3 is 6.03 Å². The molecule has 0 spiro atoms. The second-order valence-corrected chi connectivity index (χ2v) is 5.69. The molecule has 2 aromatic rings. The molecule has 0 aromatic carbocycles. The van der Waals surface area contributed by atoms with Gasteiger partial charge in [-0.2, -0.15) is 5.10 Å². The van der Waals surface area contributed by atoms with Crippen LogP contribution >= 0.6 is 11.3 Å². The van der Waals surface area contributed by atoms with E-state index >= 15 is 0 Å². The summed E-state index contributed by atoms with van der Waals surface area (Å²) >= 11 is 1.57. The summed E-state index contributed by atoms with van der Waals surface area (Å²) in [5.41, 5.74) is 4.88. The maximum Gasteiger partial charge on any atom is 0.317 e. The maximum absolute atomic E-state index is 12.0. The Labute approximate surface area is 122 Å². The summed E-state index contributed by atoms with van der Waals surface area (Å²) in [6.45, 7) is 5.01. The number of amides is 2. The Kier molecular flexibility index (Phi) is 4.39. The smallest absolute Gasteiger partial charge is 0.317 e. The van der Waals surface area contributed by atoms with E-state index < -0.39 is 0 Å². The standard InChI is InChI=1S/C13H19N5OS/c1-9-12(20-8-15-9)7-17(3)13(19)14-5-11-6-16-18(4)10(11)2/h6,8H,5,7H2,1-4H3,(H,14,19). The van der Waals surface area contributed by atoms with Crippen molar-refractivity contribution in [1.29, 1.82) is 0 Å². The number of carbonyl (C=O) groups excluding carboxylic acids is 1. The largest absolute Gasteiger partial charge is 0.334 e. The van der Waals surface area contributed by atoms with E-state index in [1.54, 1.807) is 39.7 Å². The molecule has 0 radical (unpaired) electrons. The third-order valence-corrected chi connectivity index (χ3v) is 4.26. The van der Waals surface area contributed by atoms with Crippen molar-refractivity contribution in [3.63, 3.8) is 0 Å². The molecule has 0 aliphatic carbocycles. The first kappa shape index (κ1) is 14.5. The van der Waals surface area contributed by atoms with E-state index in [1.807, 2.05) is 20.9 Å². The third kappa shape index (κ3) is 3.16. The minimum absolute atomic E-state index is 0.0962. The second kappa shape index (κ2) is 6.04. The number of aryl methyl sites for hydroxylation is 2. The Morgan fingerprint density at radius 2 is 2.25 bits per heavy atom. The monoisotopic (exact) mass is 293 g/mol. The molecule has 2 amide bonds. The van der Waals surface area contributed by atoms with Crippen LogP contribution in [-0.4, -0.2) is 32.7 Å². The highest BCUT2D eigenvalue weighted by molar-refractivity contribution is 7.09. The zero-order valence-corrected chi connectivity index (χ0v) is 13.0. The fourth-order valence-electron chi connectivity index (χ4n) is 1.79. The molecule has 20 heavy (non-hydrogen) atoms. The molecule has 2 aromatic heterocycles. The number of hydrogen-bond donors (Lipinski definition) is 1. The van der Waals surface area contributed by atoms with Crippen molar-refractivity contribution in [3.8, 4) is 0 Å². The molecule has 0 fully saturated rings. The van der Waals surface area contributed by atoms with E-state index in [9.17, 15) is 4.79 Å². The van der Waals surface area contributed by atoms with Crippen molar-refractivity contribution in [3.05, 3.63) is 33.5 Å². The molecular weight excluding hydrogens is 274 g/mol. The molecule has 0 atom stereocenters. The van der Waals surface area contributed by atoms with Crippen LogP contribution in [0.5, 0.6) is 0 Å². The summed E-state index contributed by atoms with van der Waals surface area (Å²) in [5, 5.41) is 7.06. The van der Waals surface area contributed by atoms with Gasteiger partial charge in [-0.3, -0.25) is 4.68 Å². The quantitative estimate of drug-likeness (QED) is 0.935. The topological polar surface area (TPSA) is 63.1 Å². The fourth-order valence-corrected chi connectivity index (χ4v) is 2.62. The van der Waals surface area contributed by atoms with Crippen molar-refractivity contribution in [2.24, 2.45) is 7.05 Å². The summed E-state index contributed by atoms with van der Waals surface area (Å²) in [6.07, 6.45) is 1.78. The SMILES string of the molecule is Cc1ncsc1CN(C)C(=O)NCc1cnn(C)c1C. The van der Waals surface area contributed by atoms with Crippen LogP contribution in [0.1, 0.15) is 21.8 Å². The van der Waals surface area contributed by atoms with E-state index in [2.05, 4.69) is 15.4 Å². The molecule has 0 aliphatic heterocycles. The number of carbonyl (C=O) groups is 1. The zero-order valence-electron chi connectivity index (χ0n) is 12.2. The van der Waals surface area contributed by atoms with Gasteiger partial charge in [-0.05, 0) is 13.8 Å². The van der Waals surface area contributed by atoms with Gasteiger partial charge in [-0.15, -0.1) is 11.3 Å². The number of rotatable bonds is 4. The van der Waals surface area contributed by atoms with Crippen molar-refractivity contribution in [2.75, 3.05) is 7.05 Å². The summed E-state index contributed by atoms with van der Waals surface area (Å²) in [6, 6.07) is -0.0962. The van der Waals surface area contributed by atoms with Crippen molar-refractivity contribution >= 4 is 17.4 Å². The van der Waals surface area contributed by atoms with Crippen LogP contribution < -0.4 is 5.32 Å². The van der Waals surface area contributed by atoms with Crippen LogP contribution in [0.15, 0.2) is 11.7 Å². The first-order chi connectivity index (χ1) is 9.49. The van der Waals surface area contributed by atoms with E-state index in [0.29, 0.717) is 13.1 Å². The summed E-state index contributed by atoms with van der Waals surface area (Å²) in [4.78, 5) is 19.0. The van der Waals surface area contributed by atoms with Gasteiger partial charge in [-0.25, -0.2) is 9.78 Å². The number of nitrogens with one attached hydrogen (secondary N) is 1. The van der Waals surface area contributed by atoms with Crippen LogP contribution in [0.2, 0.25) is 0 Å².